The van der Waals surface area contributed by atoms with Crippen molar-refractivity contribution in [1.82, 2.24) is 0 Å². The van der Waals surface area contributed by atoms with Crippen LogP contribution in [0.2, 0.25) is 0 Å². The van der Waals surface area contributed by atoms with Gasteiger partial charge in [-0.25, -0.2) is 0 Å². The summed E-state index contributed by atoms with van der Waals surface area (Å²) in [6.07, 6.45) is 1.10. The number of para-hydroxylation sites is 2. The van der Waals surface area contributed by atoms with Gasteiger partial charge in [0, 0.05) is 13.1 Å². The maximum atomic E-state index is 12.4. The van der Waals surface area contributed by atoms with Crippen molar-refractivity contribution >= 4 is 17.3 Å². The zero-order valence-electron chi connectivity index (χ0n) is 16.1. The summed E-state index contributed by atoms with van der Waals surface area (Å²) >= 11 is 0. The molecule has 0 radical (unpaired) electrons. The van der Waals surface area contributed by atoms with Gasteiger partial charge in [-0.2, -0.15) is 0 Å². The third-order valence-corrected chi connectivity index (χ3v) is 4.96. The van der Waals surface area contributed by atoms with Crippen molar-refractivity contribution < 1.29 is 14.3 Å². The molecule has 0 spiro atoms. The van der Waals surface area contributed by atoms with Crippen LogP contribution in [-0.4, -0.2) is 38.8 Å². The molecule has 0 aliphatic carbocycles. The fourth-order valence-corrected chi connectivity index (χ4v) is 3.12. The predicted molar refractivity (Wildman–Crippen MR) is 109 cm³/mol. The van der Waals surface area contributed by atoms with Gasteiger partial charge in [-0.3, -0.25) is 4.79 Å². The number of benzene rings is 2. The van der Waals surface area contributed by atoms with Crippen molar-refractivity contribution in [2.24, 2.45) is 0 Å². The topological polar surface area (TPSA) is 50.8 Å². The van der Waals surface area contributed by atoms with Gasteiger partial charge in [-0.15, -0.1) is 0 Å². The molecule has 1 aliphatic heterocycles. The van der Waals surface area contributed by atoms with Crippen molar-refractivity contribution in [3.63, 3.8) is 0 Å². The molecule has 1 aliphatic rings. The molecule has 0 saturated carbocycles. The third-order valence-electron chi connectivity index (χ3n) is 4.96. The van der Waals surface area contributed by atoms with Crippen LogP contribution in [-0.2, 0) is 9.53 Å². The minimum absolute atomic E-state index is 0.0138. The average molecular weight is 368 g/mol. The van der Waals surface area contributed by atoms with Crippen LogP contribution in [0.5, 0.6) is 5.75 Å². The number of carbonyl (C=O) groups is 1. The number of morpholine rings is 1. The summed E-state index contributed by atoms with van der Waals surface area (Å²) in [5.74, 6) is 1.07. The molecule has 1 heterocycles. The van der Waals surface area contributed by atoms with Crippen LogP contribution in [0.4, 0.5) is 11.4 Å². The Kier molecular flexibility index (Phi) is 6.71. The van der Waals surface area contributed by atoms with Crippen LogP contribution in [0.3, 0.4) is 0 Å². The number of nitrogens with one attached hydrogen (secondary N) is 1. The number of ether oxygens (including phenoxy) is 2. The van der Waals surface area contributed by atoms with Gasteiger partial charge in [0.05, 0.1) is 24.6 Å². The number of amides is 1. The van der Waals surface area contributed by atoms with Gasteiger partial charge in [-0.1, -0.05) is 38.1 Å². The standard InChI is InChI=1S/C22H28N2O3/c1-3-17(2)18-8-10-19(11-9-18)27-16-22(25)23-20-6-4-5-7-21(20)24-12-14-26-15-13-24/h4-11,17H,3,12-16H2,1-2H3,(H,23,25)/t17-/m1/s1. The lowest BCUT2D eigenvalue weighted by molar-refractivity contribution is -0.118. The molecule has 2 aromatic carbocycles. The minimum atomic E-state index is -0.165. The highest BCUT2D eigenvalue weighted by atomic mass is 16.5. The normalized spacial score (nSPS) is 15.3. The molecule has 144 valence electrons. The molecule has 27 heavy (non-hydrogen) atoms. The number of rotatable bonds is 7. The first-order chi connectivity index (χ1) is 13.2. The van der Waals surface area contributed by atoms with Crippen LogP contribution in [0.15, 0.2) is 48.5 Å². The molecule has 1 saturated heterocycles. The second-order valence-electron chi connectivity index (χ2n) is 6.83. The van der Waals surface area contributed by atoms with Crippen molar-refractivity contribution in [2.45, 2.75) is 26.2 Å². The summed E-state index contributed by atoms with van der Waals surface area (Å²) < 4.78 is 11.1. The van der Waals surface area contributed by atoms with Gasteiger partial charge < -0.3 is 19.7 Å². The number of hydrogen-bond donors (Lipinski definition) is 1. The average Bonchev–Trinajstić information content (AvgIpc) is 2.73. The molecule has 2 aromatic rings. The van der Waals surface area contributed by atoms with E-state index >= 15 is 0 Å². The largest absolute Gasteiger partial charge is 0.484 e. The second kappa shape index (κ2) is 9.42. The Morgan fingerprint density at radius 3 is 2.56 bits per heavy atom. The molecule has 0 aromatic heterocycles. The Morgan fingerprint density at radius 2 is 1.85 bits per heavy atom. The summed E-state index contributed by atoms with van der Waals surface area (Å²) in [7, 11) is 0. The summed E-state index contributed by atoms with van der Waals surface area (Å²) in [6, 6.07) is 15.8. The van der Waals surface area contributed by atoms with E-state index in [1.54, 1.807) is 0 Å². The molecular weight excluding hydrogens is 340 g/mol. The molecular formula is C22H28N2O3. The summed E-state index contributed by atoms with van der Waals surface area (Å²) in [4.78, 5) is 14.6. The summed E-state index contributed by atoms with van der Waals surface area (Å²) in [5, 5.41) is 2.97. The van der Waals surface area contributed by atoms with E-state index in [2.05, 4.69) is 36.2 Å². The molecule has 1 N–H and O–H groups in total. The van der Waals surface area contributed by atoms with Crippen LogP contribution in [0.1, 0.15) is 31.7 Å². The first kappa shape index (κ1) is 19.2. The quantitative estimate of drug-likeness (QED) is 0.801. The number of hydrogen-bond acceptors (Lipinski definition) is 4. The number of carbonyl (C=O) groups excluding carboxylic acids is 1. The van der Waals surface area contributed by atoms with E-state index in [1.807, 2.05) is 36.4 Å². The molecule has 1 fully saturated rings. The van der Waals surface area contributed by atoms with E-state index in [-0.39, 0.29) is 12.5 Å². The predicted octanol–water partition coefficient (Wildman–Crippen LogP) is 4.05. The maximum absolute atomic E-state index is 12.4. The van der Waals surface area contributed by atoms with E-state index in [4.69, 9.17) is 9.47 Å². The lowest BCUT2D eigenvalue weighted by atomic mass is 9.99. The Morgan fingerprint density at radius 1 is 1.15 bits per heavy atom. The van der Waals surface area contributed by atoms with Gasteiger partial charge in [0.1, 0.15) is 5.75 Å². The minimum Gasteiger partial charge on any atom is -0.484 e. The molecule has 1 atom stereocenters. The smallest absolute Gasteiger partial charge is 0.262 e. The van der Waals surface area contributed by atoms with Crippen LogP contribution >= 0.6 is 0 Å². The van der Waals surface area contributed by atoms with Crippen LogP contribution < -0.4 is 15.0 Å². The summed E-state index contributed by atoms with van der Waals surface area (Å²) in [5.41, 5.74) is 3.11. The highest BCUT2D eigenvalue weighted by Gasteiger charge is 2.16. The van der Waals surface area contributed by atoms with Crippen LogP contribution in [0, 0.1) is 0 Å². The Bertz CT molecular complexity index is 739. The molecule has 0 unspecified atom stereocenters. The fraction of sp³-hybridized carbons (Fsp3) is 0.409. The van der Waals surface area contributed by atoms with E-state index in [9.17, 15) is 4.79 Å². The lowest BCUT2D eigenvalue weighted by Crippen LogP contribution is -2.36. The zero-order chi connectivity index (χ0) is 19.1. The van der Waals surface area contributed by atoms with Gasteiger partial charge in [-0.05, 0) is 42.2 Å². The number of nitrogens with zero attached hydrogens (tertiary/aromatic N) is 1. The monoisotopic (exact) mass is 368 g/mol. The lowest BCUT2D eigenvalue weighted by Gasteiger charge is -2.30. The summed E-state index contributed by atoms with van der Waals surface area (Å²) in [6.45, 7) is 7.43. The van der Waals surface area contributed by atoms with E-state index in [0.717, 1.165) is 30.9 Å². The van der Waals surface area contributed by atoms with Gasteiger partial charge in [0.2, 0.25) is 0 Å². The van der Waals surface area contributed by atoms with Crippen molar-refractivity contribution in [3.05, 3.63) is 54.1 Å². The van der Waals surface area contributed by atoms with E-state index in [1.165, 1.54) is 5.56 Å². The highest BCUT2D eigenvalue weighted by Crippen LogP contribution is 2.26. The molecule has 0 bridgehead atoms. The van der Waals surface area contributed by atoms with Crippen LogP contribution in [0.25, 0.3) is 0 Å². The Balaban J connectivity index is 1.56. The fourth-order valence-electron chi connectivity index (χ4n) is 3.12. The Labute approximate surface area is 161 Å². The third kappa shape index (κ3) is 5.23. The SMILES string of the molecule is CC[C@@H](C)c1ccc(OCC(=O)Nc2ccccc2N2CCOCC2)cc1. The molecule has 1 amide bonds. The van der Waals surface area contributed by atoms with Gasteiger partial charge >= 0.3 is 0 Å². The van der Waals surface area contributed by atoms with E-state index in [0.29, 0.717) is 24.9 Å². The molecule has 5 nitrogen and oxygen atoms in total. The highest BCUT2D eigenvalue weighted by molar-refractivity contribution is 5.95. The van der Waals surface area contributed by atoms with Gasteiger partial charge in [0.15, 0.2) is 6.61 Å². The van der Waals surface area contributed by atoms with Gasteiger partial charge in [0.25, 0.3) is 5.91 Å². The first-order valence-corrected chi connectivity index (χ1v) is 9.61. The first-order valence-electron chi connectivity index (χ1n) is 9.61. The second-order valence-corrected chi connectivity index (χ2v) is 6.83. The number of anilines is 2. The Hall–Kier alpha value is -2.53. The van der Waals surface area contributed by atoms with Crippen molar-refractivity contribution in [3.8, 4) is 5.75 Å². The van der Waals surface area contributed by atoms with Crippen molar-refractivity contribution in [1.29, 1.82) is 0 Å². The van der Waals surface area contributed by atoms with E-state index < -0.39 is 0 Å². The zero-order valence-corrected chi connectivity index (χ0v) is 16.1. The molecule has 3 rings (SSSR count). The molecule has 5 heteroatoms. The maximum Gasteiger partial charge on any atom is 0.262 e. The van der Waals surface area contributed by atoms with Crippen molar-refractivity contribution in [2.75, 3.05) is 43.1 Å².